The smallest absolute Gasteiger partial charge is 0.308 e. The fourth-order valence-electron chi connectivity index (χ4n) is 3.59. The van der Waals surface area contributed by atoms with Crippen molar-refractivity contribution < 1.29 is 19.1 Å². The van der Waals surface area contributed by atoms with Gasteiger partial charge in [-0.15, -0.1) is 0 Å². The lowest BCUT2D eigenvalue weighted by molar-refractivity contribution is -0.142. The van der Waals surface area contributed by atoms with Gasteiger partial charge in [0.2, 0.25) is 0 Å². The number of halogens is 1. The predicted molar refractivity (Wildman–Crippen MR) is 91.4 cm³/mol. The molecule has 1 N–H and O–H groups in total. The van der Waals surface area contributed by atoms with Gasteiger partial charge in [0, 0.05) is 30.2 Å². The molecule has 1 amide bonds. The van der Waals surface area contributed by atoms with Crippen molar-refractivity contribution in [3.8, 4) is 5.69 Å². The van der Waals surface area contributed by atoms with Gasteiger partial charge in [-0.25, -0.2) is 4.39 Å². The highest BCUT2D eigenvalue weighted by molar-refractivity contribution is 5.96. The van der Waals surface area contributed by atoms with Gasteiger partial charge in [0.1, 0.15) is 5.82 Å². The first-order chi connectivity index (χ1) is 11.8. The van der Waals surface area contributed by atoms with Crippen LogP contribution in [0.2, 0.25) is 0 Å². The lowest BCUT2D eigenvalue weighted by Gasteiger charge is -2.16. The third kappa shape index (κ3) is 3.04. The number of nitrogens with zero attached hydrogens (tertiary/aromatic N) is 2. The van der Waals surface area contributed by atoms with E-state index in [1.807, 2.05) is 25.3 Å². The van der Waals surface area contributed by atoms with Crippen LogP contribution in [-0.2, 0) is 4.79 Å². The lowest BCUT2D eigenvalue weighted by Crippen LogP contribution is -2.30. The van der Waals surface area contributed by atoms with E-state index < -0.39 is 11.9 Å². The van der Waals surface area contributed by atoms with Crippen LogP contribution in [0.4, 0.5) is 4.39 Å². The number of carbonyl (C=O) groups is 2. The van der Waals surface area contributed by atoms with E-state index in [1.54, 1.807) is 23.1 Å². The van der Waals surface area contributed by atoms with E-state index in [2.05, 4.69) is 0 Å². The molecule has 0 saturated carbocycles. The Morgan fingerprint density at radius 3 is 2.36 bits per heavy atom. The monoisotopic (exact) mass is 344 g/mol. The summed E-state index contributed by atoms with van der Waals surface area (Å²) in [4.78, 5) is 25.8. The first-order valence-electron chi connectivity index (χ1n) is 8.26. The Labute approximate surface area is 145 Å². The number of benzene rings is 1. The van der Waals surface area contributed by atoms with Crippen LogP contribution in [0.25, 0.3) is 5.69 Å². The minimum atomic E-state index is -0.861. The zero-order valence-corrected chi connectivity index (χ0v) is 14.5. The minimum absolute atomic E-state index is 0.0676. The van der Waals surface area contributed by atoms with Crippen LogP contribution in [0.5, 0.6) is 0 Å². The average Bonchev–Trinajstić information content (AvgIpc) is 3.08. The molecular weight excluding hydrogens is 323 g/mol. The fourth-order valence-corrected chi connectivity index (χ4v) is 3.59. The van der Waals surface area contributed by atoms with Gasteiger partial charge in [0.25, 0.3) is 5.91 Å². The summed E-state index contributed by atoms with van der Waals surface area (Å²) in [5.74, 6) is -1.92. The zero-order valence-electron chi connectivity index (χ0n) is 14.5. The van der Waals surface area contributed by atoms with Crippen molar-refractivity contribution in [2.24, 2.45) is 11.8 Å². The van der Waals surface area contributed by atoms with E-state index in [1.165, 1.54) is 12.1 Å². The zero-order chi connectivity index (χ0) is 18.3. The van der Waals surface area contributed by atoms with Gasteiger partial charge >= 0.3 is 5.97 Å². The highest BCUT2D eigenvalue weighted by atomic mass is 19.1. The summed E-state index contributed by atoms with van der Waals surface area (Å²) in [5, 5.41) is 9.25. The highest BCUT2D eigenvalue weighted by Crippen LogP contribution is 2.27. The Hall–Kier alpha value is -2.63. The molecule has 1 fully saturated rings. The van der Waals surface area contributed by atoms with Crippen molar-refractivity contribution in [2.75, 3.05) is 13.1 Å². The van der Waals surface area contributed by atoms with Crippen molar-refractivity contribution in [2.45, 2.75) is 20.8 Å². The Morgan fingerprint density at radius 2 is 1.80 bits per heavy atom. The van der Waals surface area contributed by atoms with E-state index in [4.69, 9.17) is 0 Å². The second kappa shape index (κ2) is 6.35. The van der Waals surface area contributed by atoms with Crippen LogP contribution in [0.15, 0.2) is 30.3 Å². The summed E-state index contributed by atoms with van der Waals surface area (Å²) in [6.45, 7) is 6.26. The molecule has 2 aromatic rings. The van der Waals surface area contributed by atoms with E-state index in [0.29, 0.717) is 12.1 Å². The molecule has 5 nitrogen and oxygen atoms in total. The van der Waals surface area contributed by atoms with E-state index in [0.717, 1.165) is 17.1 Å². The Bertz CT molecular complexity index is 826. The first-order valence-corrected chi connectivity index (χ1v) is 8.26. The molecule has 25 heavy (non-hydrogen) atoms. The van der Waals surface area contributed by atoms with Crippen molar-refractivity contribution in [3.63, 3.8) is 0 Å². The van der Waals surface area contributed by atoms with Gasteiger partial charge in [0.05, 0.1) is 11.5 Å². The topological polar surface area (TPSA) is 62.5 Å². The molecule has 3 rings (SSSR count). The molecular formula is C19H21FN2O3. The van der Waals surface area contributed by atoms with Gasteiger partial charge < -0.3 is 14.6 Å². The predicted octanol–water partition coefficient (Wildman–Crippen LogP) is 3.03. The SMILES string of the molecule is Cc1cc(C(=O)N2C[C@@H](C)[C@H](C(=O)O)C2)c(C)n1-c1ccc(F)cc1. The number of hydrogen-bond acceptors (Lipinski definition) is 2. The van der Waals surface area contributed by atoms with E-state index in [9.17, 15) is 19.1 Å². The van der Waals surface area contributed by atoms with Crippen LogP contribution in [-0.4, -0.2) is 39.5 Å². The van der Waals surface area contributed by atoms with Crippen molar-refractivity contribution >= 4 is 11.9 Å². The number of carboxylic acids is 1. The van der Waals surface area contributed by atoms with Gasteiger partial charge in [-0.05, 0) is 50.1 Å². The third-order valence-electron chi connectivity index (χ3n) is 4.96. The number of hydrogen-bond donors (Lipinski definition) is 1. The number of carbonyl (C=O) groups excluding carboxylic acids is 1. The summed E-state index contributed by atoms with van der Waals surface area (Å²) in [6, 6.07) is 7.91. The maximum atomic E-state index is 13.2. The summed E-state index contributed by atoms with van der Waals surface area (Å²) < 4.78 is 15.1. The second-order valence-corrected chi connectivity index (χ2v) is 6.73. The summed E-state index contributed by atoms with van der Waals surface area (Å²) in [7, 11) is 0. The number of aromatic nitrogens is 1. The molecule has 1 aliphatic heterocycles. The molecule has 6 heteroatoms. The summed E-state index contributed by atoms with van der Waals surface area (Å²) >= 11 is 0. The Kier molecular flexibility index (Phi) is 4.37. The van der Waals surface area contributed by atoms with Crippen LogP contribution in [0.1, 0.15) is 28.7 Å². The standard InChI is InChI=1S/C19H21FN2O3/c1-11-9-21(10-17(11)19(24)25)18(23)16-8-12(2)22(13(16)3)15-6-4-14(20)5-7-15/h4-8,11,17H,9-10H2,1-3H3,(H,24,25)/t11-,17-/m1/s1. The summed E-state index contributed by atoms with van der Waals surface area (Å²) in [5.41, 5.74) is 2.98. The van der Waals surface area contributed by atoms with Crippen LogP contribution < -0.4 is 0 Å². The van der Waals surface area contributed by atoms with Crippen molar-refractivity contribution in [1.82, 2.24) is 9.47 Å². The van der Waals surface area contributed by atoms with Crippen LogP contribution >= 0.6 is 0 Å². The van der Waals surface area contributed by atoms with Gasteiger partial charge in [-0.3, -0.25) is 9.59 Å². The molecule has 1 aliphatic rings. The van der Waals surface area contributed by atoms with Crippen molar-refractivity contribution in [3.05, 3.63) is 53.1 Å². The molecule has 2 heterocycles. The van der Waals surface area contributed by atoms with E-state index in [-0.39, 0.29) is 24.2 Å². The molecule has 132 valence electrons. The molecule has 0 aliphatic carbocycles. The minimum Gasteiger partial charge on any atom is -0.481 e. The largest absolute Gasteiger partial charge is 0.481 e. The van der Waals surface area contributed by atoms with Crippen molar-refractivity contribution in [1.29, 1.82) is 0 Å². The average molecular weight is 344 g/mol. The van der Waals surface area contributed by atoms with Crippen LogP contribution in [0, 0.1) is 31.5 Å². The molecule has 0 bridgehead atoms. The number of aryl methyl sites for hydroxylation is 1. The molecule has 2 atom stereocenters. The number of amides is 1. The van der Waals surface area contributed by atoms with Crippen LogP contribution in [0.3, 0.4) is 0 Å². The third-order valence-corrected chi connectivity index (χ3v) is 4.96. The molecule has 0 spiro atoms. The number of aliphatic carboxylic acids is 1. The first kappa shape index (κ1) is 17.2. The van der Waals surface area contributed by atoms with Gasteiger partial charge in [0.15, 0.2) is 0 Å². The number of carboxylic acid groups (broad SMARTS) is 1. The fraction of sp³-hybridized carbons (Fsp3) is 0.368. The maximum Gasteiger partial charge on any atom is 0.308 e. The number of likely N-dealkylation sites (tertiary alicyclic amines) is 1. The Morgan fingerprint density at radius 1 is 1.16 bits per heavy atom. The Balaban J connectivity index is 1.91. The normalized spacial score (nSPS) is 20.1. The van der Waals surface area contributed by atoms with Gasteiger partial charge in [-0.2, -0.15) is 0 Å². The lowest BCUT2D eigenvalue weighted by atomic mass is 9.99. The number of rotatable bonds is 3. The molecule has 1 aromatic heterocycles. The highest BCUT2D eigenvalue weighted by Gasteiger charge is 2.37. The molecule has 0 radical (unpaired) electrons. The quantitative estimate of drug-likeness (QED) is 0.931. The maximum absolute atomic E-state index is 13.2. The molecule has 0 unspecified atom stereocenters. The van der Waals surface area contributed by atoms with E-state index >= 15 is 0 Å². The summed E-state index contributed by atoms with van der Waals surface area (Å²) in [6.07, 6.45) is 0. The second-order valence-electron chi connectivity index (χ2n) is 6.73. The van der Waals surface area contributed by atoms with Gasteiger partial charge in [-0.1, -0.05) is 6.92 Å². The molecule has 1 aromatic carbocycles. The molecule has 1 saturated heterocycles.